The summed E-state index contributed by atoms with van der Waals surface area (Å²) >= 11 is 0. The minimum absolute atomic E-state index is 0.114. The van der Waals surface area contributed by atoms with Crippen LogP contribution in [-0.2, 0) is 0 Å². The van der Waals surface area contributed by atoms with Crippen molar-refractivity contribution in [1.82, 2.24) is 14.9 Å². The zero-order valence-electron chi connectivity index (χ0n) is 16.8. The lowest BCUT2D eigenvalue weighted by molar-refractivity contribution is 0.102. The van der Waals surface area contributed by atoms with Gasteiger partial charge in [-0.05, 0) is 48.7 Å². The highest BCUT2D eigenvalue weighted by molar-refractivity contribution is 6.07. The SMILES string of the molecule is N=CN1CCCCOc2ccc(-c3cccnc3)cc2C(=O)Nc2cccc(n2)C1=N. The number of amides is 1. The van der Waals surface area contributed by atoms with Gasteiger partial charge in [-0.3, -0.25) is 20.6 Å². The van der Waals surface area contributed by atoms with E-state index < -0.39 is 0 Å². The van der Waals surface area contributed by atoms with Crippen molar-refractivity contribution < 1.29 is 9.53 Å². The van der Waals surface area contributed by atoms with Crippen molar-refractivity contribution in [2.45, 2.75) is 12.8 Å². The second kappa shape index (κ2) is 9.17. The monoisotopic (exact) mass is 414 g/mol. The number of nitrogens with zero attached hydrogens (tertiary/aromatic N) is 3. The fourth-order valence-corrected chi connectivity index (χ4v) is 3.32. The molecule has 3 heterocycles. The molecular weight excluding hydrogens is 392 g/mol. The van der Waals surface area contributed by atoms with Crippen LogP contribution >= 0.6 is 0 Å². The first-order chi connectivity index (χ1) is 15.2. The molecule has 8 nitrogen and oxygen atoms in total. The summed E-state index contributed by atoms with van der Waals surface area (Å²) in [5.74, 6) is 0.586. The van der Waals surface area contributed by atoms with Crippen LogP contribution in [0.3, 0.4) is 0 Å². The molecule has 156 valence electrons. The number of fused-ring (bicyclic) bond motifs is 3. The van der Waals surface area contributed by atoms with Crippen LogP contribution in [0, 0.1) is 10.8 Å². The van der Waals surface area contributed by atoms with E-state index in [1.165, 1.54) is 4.90 Å². The van der Waals surface area contributed by atoms with Gasteiger partial charge >= 0.3 is 0 Å². The first-order valence-electron chi connectivity index (χ1n) is 9.97. The lowest BCUT2D eigenvalue weighted by Crippen LogP contribution is -2.31. The molecule has 0 unspecified atom stereocenters. The van der Waals surface area contributed by atoms with Gasteiger partial charge in [0.25, 0.3) is 5.91 Å². The van der Waals surface area contributed by atoms with Gasteiger partial charge in [0.2, 0.25) is 0 Å². The molecule has 2 aromatic heterocycles. The number of benzene rings is 1. The van der Waals surface area contributed by atoms with Gasteiger partial charge in [0, 0.05) is 24.5 Å². The van der Waals surface area contributed by atoms with E-state index in [4.69, 9.17) is 15.6 Å². The molecule has 8 heteroatoms. The van der Waals surface area contributed by atoms with Gasteiger partial charge in [0.05, 0.1) is 18.5 Å². The summed E-state index contributed by atoms with van der Waals surface area (Å²) in [7, 11) is 0. The van der Waals surface area contributed by atoms with Gasteiger partial charge in [0.15, 0.2) is 5.84 Å². The smallest absolute Gasteiger partial charge is 0.260 e. The van der Waals surface area contributed by atoms with Crippen molar-refractivity contribution in [2.75, 3.05) is 18.5 Å². The lowest BCUT2D eigenvalue weighted by Gasteiger charge is -2.20. The van der Waals surface area contributed by atoms with Crippen LogP contribution in [0.4, 0.5) is 5.82 Å². The molecule has 1 aliphatic heterocycles. The van der Waals surface area contributed by atoms with Gasteiger partial charge in [-0.2, -0.15) is 0 Å². The maximum absolute atomic E-state index is 13.1. The molecule has 1 aromatic carbocycles. The number of carbonyl (C=O) groups excluding carboxylic acids is 1. The summed E-state index contributed by atoms with van der Waals surface area (Å²) < 4.78 is 5.92. The molecule has 2 bridgehead atoms. The summed E-state index contributed by atoms with van der Waals surface area (Å²) in [5.41, 5.74) is 2.55. The number of pyridine rings is 2. The largest absolute Gasteiger partial charge is 0.493 e. The van der Waals surface area contributed by atoms with E-state index in [-0.39, 0.29) is 11.7 Å². The molecular formula is C23H22N6O2. The molecule has 1 amide bonds. The van der Waals surface area contributed by atoms with E-state index in [0.29, 0.717) is 36.0 Å². The minimum atomic E-state index is -0.349. The van der Waals surface area contributed by atoms with E-state index in [2.05, 4.69) is 15.3 Å². The highest BCUT2D eigenvalue weighted by Crippen LogP contribution is 2.27. The fraction of sp³-hybridized carbons (Fsp3) is 0.174. The number of ether oxygens (including phenoxy) is 1. The zero-order chi connectivity index (χ0) is 21.6. The van der Waals surface area contributed by atoms with Crippen molar-refractivity contribution in [2.24, 2.45) is 0 Å². The molecule has 3 N–H and O–H groups in total. The zero-order valence-corrected chi connectivity index (χ0v) is 16.8. The van der Waals surface area contributed by atoms with Crippen LogP contribution in [0.2, 0.25) is 0 Å². The molecule has 1 aliphatic rings. The Morgan fingerprint density at radius 2 is 2.00 bits per heavy atom. The summed E-state index contributed by atoms with van der Waals surface area (Å²) in [6.07, 6.45) is 6.02. The number of hydrogen-bond donors (Lipinski definition) is 3. The maximum atomic E-state index is 13.1. The number of rotatable bonds is 2. The van der Waals surface area contributed by atoms with Gasteiger partial charge in [-0.15, -0.1) is 0 Å². The van der Waals surface area contributed by atoms with E-state index in [0.717, 1.165) is 30.3 Å². The molecule has 4 rings (SSSR count). The van der Waals surface area contributed by atoms with Crippen LogP contribution in [0.5, 0.6) is 5.75 Å². The van der Waals surface area contributed by atoms with Gasteiger partial charge in [-0.25, -0.2) is 4.98 Å². The number of nitrogens with one attached hydrogen (secondary N) is 3. The second-order valence-electron chi connectivity index (χ2n) is 7.04. The van der Waals surface area contributed by atoms with E-state index in [9.17, 15) is 4.79 Å². The number of carbonyl (C=O) groups is 1. The molecule has 0 atom stereocenters. The standard InChI is InChI=1S/C23H22N6O2/c24-15-29-11-1-2-12-31-20-9-8-16(17-5-4-10-26-14-17)13-18(20)23(30)28-21-7-3-6-19(27-21)22(29)25/h3-10,13-15,24-25H,1-2,11-12H2,(H,27,28,30). The normalized spacial score (nSPS) is 14.6. The molecule has 0 radical (unpaired) electrons. The Balaban J connectivity index is 1.72. The average molecular weight is 414 g/mol. The molecule has 0 saturated heterocycles. The first kappa shape index (κ1) is 20.2. The van der Waals surface area contributed by atoms with Crippen LogP contribution in [0.15, 0.2) is 60.9 Å². The van der Waals surface area contributed by atoms with E-state index in [1.807, 2.05) is 18.2 Å². The van der Waals surface area contributed by atoms with Crippen molar-refractivity contribution in [3.8, 4) is 16.9 Å². The molecule has 0 saturated carbocycles. The Morgan fingerprint density at radius 3 is 2.81 bits per heavy atom. The van der Waals surface area contributed by atoms with Crippen molar-refractivity contribution >= 4 is 23.9 Å². The Bertz CT molecular complexity index is 1120. The number of aromatic nitrogens is 2. The lowest BCUT2D eigenvalue weighted by atomic mass is 10.0. The van der Waals surface area contributed by atoms with Crippen LogP contribution in [0.1, 0.15) is 28.9 Å². The average Bonchev–Trinajstić information content (AvgIpc) is 2.81. The molecule has 0 fully saturated rings. The Kier molecular flexibility index (Phi) is 5.98. The molecule has 31 heavy (non-hydrogen) atoms. The van der Waals surface area contributed by atoms with Crippen molar-refractivity contribution in [1.29, 1.82) is 10.8 Å². The van der Waals surface area contributed by atoms with E-state index >= 15 is 0 Å². The highest BCUT2D eigenvalue weighted by atomic mass is 16.5. The third-order valence-corrected chi connectivity index (χ3v) is 4.95. The first-order valence-corrected chi connectivity index (χ1v) is 9.97. The maximum Gasteiger partial charge on any atom is 0.260 e. The minimum Gasteiger partial charge on any atom is -0.493 e. The predicted molar refractivity (Wildman–Crippen MR) is 119 cm³/mol. The fourth-order valence-electron chi connectivity index (χ4n) is 3.32. The Morgan fingerprint density at radius 1 is 1.10 bits per heavy atom. The summed E-state index contributed by atoms with van der Waals surface area (Å²) in [5, 5.41) is 18.8. The number of anilines is 1. The summed E-state index contributed by atoms with van der Waals surface area (Å²) in [6, 6.07) is 14.4. The Hall–Kier alpha value is -4.07. The third-order valence-electron chi connectivity index (χ3n) is 4.95. The van der Waals surface area contributed by atoms with Gasteiger partial charge in [0.1, 0.15) is 17.3 Å². The van der Waals surface area contributed by atoms with Gasteiger partial charge in [-0.1, -0.05) is 18.2 Å². The number of amidine groups is 1. The quantitative estimate of drug-likeness (QED) is 0.436. The Labute approximate surface area is 179 Å². The van der Waals surface area contributed by atoms with Crippen LogP contribution < -0.4 is 10.1 Å². The summed E-state index contributed by atoms with van der Waals surface area (Å²) in [4.78, 5) is 23.2. The predicted octanol–water partition coefficient (Wildman–Crippen LogP) is 3.80. The number of hydrogen-bond acceptors (Lipinski definition) is 6. The third kappa shape index (κ3) is 4.58. The molecule has 0 spiro atoms. The van der Waals surface area contributed by atoms with Crippen molar-refractivity contribution in [3.05, 3.63) is 72.2 Å². The van der Waals surface area contributed by atoms with E-state index in [1.54, 1.807) is 42.7 Å². The van der Waals surface area contributed by atoms with Crippen molar-refractivity contribution in [3.63, 3.8) is 0 Å². The molecule has 3 aromatic rings. The van der Waals surface area contributed by atoms with Crippen LogP contribution in [0.25, 0.3) is 11.1 Å². The molecule has 0 aliphatic carbocycles. The van der Waals surface area contributed by atoms with Crippen LogP contribution in [-0.4, -0.2) is 46.1 Å². The highest BCUT2D eigenvalue weighted by Gasteiger charge is 2.18. The van der Waals surface area contributed by atoms with Gasteiger partial charge < -0.3 is 15.0 Å². The second-order valence-corrected chi connectivity index (χ2v) is 7.04. The summed E-state index contributed by atoms with van der Waals surface area (Å²) in [6.45, 7) is 0.937. The topological polar surface area (TPSA) is 115 Å².